The predicted octanol–water partition coefficient (Wildman–Crippen LogP) is 5.06. The first-order chi connectivity index (χ1) is 15.6. The molecule has 32 heavy (non-hydrogen) atoms. The monoisotopic (exact) mass is 441 g/mol. The normalized spacial score (nSPS) is 17.4. The number of ether oxygens (including phenoxy) is 1. The summed E-state index contributed by atoms with van der Waals surface area (Å²) in [5.41, 5.74) is 9.89. The summed E-state index contributed by atoms with van der Waals surface area (Å²) in [5.74, 6) is 0.742. The molecule has 0 unspecified atom stereocenters. The smallest absolute Gasteiger partial charge is 0.237 e. The van der Waals surface area contributed by atoms with E-state index in [1.807, 2.05) is 43.6 Å². The molecule has 1 aliphatic heterocycles. The number of fused-ring (bicyclic) bond motifs is 3. The number of benzene rings is 1. The fourth-order valence-electron chi connectivity index (χ4n) is 4.76. The molecule has 0 spiro atoms. The van der Waals surface area contributed by atoms with Gasteiger partial charge in [0.2, 0.25) is 5.88 Å². The van der Waals surface area contributed by atoms with E-state index >= 15 is 0 Å². The number of ketones is 1. The van der Waals surface area contributed by atoms with Gasteiger partial charge in [0.05, 0.1) is 0 Å². The molecule has 0 radical (unpaired) electrons. The average Bonchev–Trinajstić information content (AvgIpc) is 3.34. The zero-order valence-electron chi connectivity index (χ0n) is 17.5. The third kappa shape index (κ3) is 3.04. The van der Waals surface area contributed by atoms with Crippen LogP contribution in [-0.2, 0) is 17.6 Å². The zero-order chi connectivity index (χ0) is 21.8. The molecular formula is C26H20ClN3O2. The summed E-state index contributed by atoms with van der Waals surface area (Å²) in [6.07, 6.45) is 10.8. The van der Waals surface area contributed by atoms with Crippen LogP contribution >= 0.6 is 11.6 Å². The number of anilines is 1. The fraction of sp³-hybridized carbons (Fsp3) is 0.192. The number of hydrogen-bond acceptors (Lipinski definition) is 5. The van der Waals surface area contributed by atoms with Gasteiger partial charge in [-0.15, -0.1) is 0 Å². The maximum absolute atomic E-state index is 12.9. The number of pyridine rings is 2. The molecule has 6 heteroatoms. The van der Waals surface area contributed by atoms with Crippen molar-refractivity contribution < 1.29 is 9.53 Å². The fourth-order valence-corrected chi connectivity index (χ4v) is 5.05. The van der Waals surface area contributed by atoms with E-state index in [0.717, 1.165) is 63.2 Å². The van der Waals surface area contributed by atoms with Gasteiger partial charge in [-0.25, -0.2) is 4.98 Å². The van der Waals surface area contributed by atoms with Crippen molar-refractivity contribution in [1.82, 2.24) is 9.97 Å². The van der Waals surface area contributed by atoms with Crippen molar-refractivity contribution in [2.45, 2.75) is 19.8 Å². The van der Waals surface area contributed by atoms with Crippen LogP contribution in [0.1, 0.15) is 27.8 Å². The van der Waals surface area contributed by atoms with Gasteiger partial charge in [-0.3, -0.25) is 9.78 Å². The van der Waals surface area contributed by atoms with E-state index in [0.29, 0.717) is 23.9 Å². The van der Waals surface area contributed by atoms with Crippen molar-refractivity contribution in [3.8, 4) is 17.0 Å². The van der Waals surface area contributed by atoms with Crippen LogP contribution in [0.3, 0.4) is 0 Å². The summed E-state index contributed by atoms with van der Waals surface area (Å²) in [7, 11) is 0. The molecule has 5 nitrogen and oxygen atoms in total. The summed E-state index contributed by atoms with van der Waals surface area (Å²) in [6.45, 7) is 3.38. The first-order valence-electron chi connectivity index (χ1n) is 10.7. The number of Topliss-reactive ketones (excluding diaryl/α,β-unsaturated/α-hetero) is 1. The number of halogens is 1. The largest absolute Gasteiger partial charge is 0.474 e. The van der Waals surface area contributed by atoms with Gasteiger partial charge in [-0.05, 0) is 77.1 Å². The molecule has 3 aliphatic rings. The molecule has 0 saturated heterocycles. The van der Waals surface area contributed by atoms with Crippen molar-refractivity contribution >= 4 is 34.7 Å². The number of allylic oxidation sites excluding steroid dienone is 3. The lowest BCUT2D eigenvalue weighted by atomic mass is 9.95. The minimum atomic E-state index is 0.124. The number of nitrogens with zero attached hydrogens (tertiary/aromatic N) is 2. The Morgan fingerprint density at radius 3 is 2.91 bits per heavy atom. The molecule has 3 aromatic rings. The van der Waals surface area contributed by atoms with Crippen LogP contribution in [0.15, 0.2) is 48.4 Å². The Bertz CT molecular complexity index is 1370. The van der Waals surface area contributed by atoms with Crippen molar-refractivity contribution in [2.24, 2.45) is 0 Å². The minimum Gasteiger partial charge on any atom is -0.474 e. The van der Waals surface area contributed by atoms with Crippen LogP contribution in [0.5, 0.6) is 5.88 Å². The Morgan fingerprint density at radius 2 is 2.03 bits per heavy atom. The third-order valence-electron chi connectivity index (χ3n) is 6.38. The average molecular weight is 442 g/mol. The Kier molecular flexibility index (Phi) is 4.40. The van der Waals surface area contributed by atoms with Crippen molar-refractivity contribution in [2.75, 3.05) is 18.5 Å². The van der Waals surface area contributed by atoms with Crippen LogP contribution < -0.4 is 10.1 Å². The molecular weight excluding hydrogens is 422 g/mol. The van der Waals surface area contributed by atoms with Crippen LogP contribution in [0.2, 0.25) is 5.02 Å². The number of rotatable bonds is 2. The lowest BCUT2D eigenvalue weighted by Crippen LogP contribution is -2.20. The number of carbonyl (C=O) groups excluding carboxylic acids is 1. The number of carbonyl (C=O) groups is 1. The standard InChI is InChI=1S/C26H20ClN3O2/c1-14-22(13-30-26-25(14)29-4-5-32-26)20-11-19-17(9-23(20)27)10-24(31)21(19)8-15-6-16-2-3-28-12-18(16)7-15/h2-3,7-9,11-13,29H,4-6,10H2,1H3/b21-8-. The first-order valence-corrected chi connectivity index (χ1v) is 11.0. The predicted molar refractivity (Wildman–Crippen MR) is 126 cm³/mol. The number of hydrogen-bond donors (Lipinski definition) is 1. The van der Waals surface area contributed by atoms with E-state index in [1.54, 1.807) is 6.20 Å². The van der Waals surface area contributed by atoms with Gasteiger partial charge in [0.15, 0.2) is 5.78 Å². The van der Waals surface area contributed by atoms with Crippen LogP contribution in [0.4, 0.5) is 5.69 Å². The highest BCUT2D eigenvalue weighted by Crippen LogP contribution is 2.42. The van der Waals surface area contributed by atoms with E-state index in [1.165, 1.54) is 5.56 Å². The third-order valence-corrected chi connectivity index (χ3v) is 6.70. The Hall–Kier alpha value is -3.44. The SMILES string of the molecule is Cc1c(-c2cc3c(cc2Cl)CC(=O)/C3=C\C2=Cc3cnccc3C2)cnc2c1NCCO2. The second kappa shape index (κ2) is 7.31. The first kappa shape index (κ1) is 19.3. The highest BCUT2D eigenvalue weighted by Gasteiger charge is 2.28. The highest BCUT2D eigenvalue weighted by molar-refractivity contribution is 6.34. The van der Waals surface area contributed by atoms with Gasteiger partial charge in [-0.1, -0.05) is 11.6 Å². The summed E-state index contributed by atoms with van der Waals surface area (Å²) < 4.78 is 5.66. The zero-order valence-corrected chi connectivity index (χ0v) is 18.3. The summed E-state index contributed by atoms with van der Waals surface area (Å²) in [6, 6.07) is 6.00. The second-order valence-electron chi connectivity index (χ2n) is 8.37. The van der Waals surface area contributed by atoms with E-state index in [4.69, 9.17) is 16.3 Å². The lowest BCUT2D eigenvalue weighted by Gasteiger charge is -2.22. The van der Waals surface area contributed by atoms with Gasteiger partial charge in [-0.2, -0.15) is 0 Å². The Balaban J connectivity index is 1.44. The highest BCUT2D eigenvalue weighted by atomic mass is 35.5. The van der Waals surface area contributed by atoms with Crippen LogP contribution in [0, 0.1) is 6.92 Å². The van der Waals surface area contributed by atoms with E-state index < -0.39 is 0 Å². The maximum atomic E-state index is 12.9. The lowest BCUT2D eigenvalue weighted by molar-refractivity contribution is -0.112. The van der Waals surface area contributed by atoms with Crippen molar-refractivity contribution in [3.05, 3.63) is 81.3 Å². The summed E-state index contributed by atoms with van der Waals surface area (Å²) >= 11 is 6.70. The Morgan fingerprint density at radius 1 is 1.12 bits per heavy atom. The second-order valence-corrected chi connectivity index (χ2v) is 8.78. The van der Waals surface area contributed by atoms with Crippen molar-refractivity contribution in [3.63, 3.8) is 0 Å². The summed E-state index contributed by atoms with van der Waals surface area (Å²) in [5, 5.41) is 4.00. The van der Waals surface area contributed by atoms with Crippen LogP contribution in [0.25, 0.3) is 22.8 Å². The molecule has 6 rings (SSSR count). The quantitative estimate of drug-likeness (QED) is 0.563. The number of aromatic nitrogens is 2. The molecule has 1 aromatic carbocycles. The Labute approximate surface area is 190 Å². The molecule has 0 atom stereocenters. The molecule has 0 fully saturated rings. The molecule has 158 valence electrons. The molecule has 1 N–H and O–H groups in total. The topological polar surface area (TPSA) is 64.1 Å². The van der Waals surface area contributed by atoms with E-state index in [9.17, 15) is 4.79 Å². The van der Waals surface area contributed by atoms with Gasteiger partial charge >= 0.3 is 0 Å². The maximum Gasteiger partial charge on any atom is 0.237 e. The molecule has 3 heterocycles. The molecule has 0 bridgehead atoms. The van der Waals surface area contributed by atoms with Gasteiger partial charge in [0, 0.05) is 53.3 Å². The van der Waals surface area contributed by atoms with Crippen molar-refractivity contribution in [1.29, 1.82) is 0 Å². The van der Waals surface area contributed by atoms with Gasteiger partial charge < -0.3 is 10.1 Å². The summed E-state index contributed by atoms with van der Waals surface area (Å²) in [4.78, 5) is 21.6. The molecule has 0 saturated carbocycles. The van der Waals surface area contributed by atoms with Gasteiger partial charge in [0.25, 0.3) is 0 Å². The van der Waals surface area contributed by atoms with E-state index in [-0.39, 0.29) is 5.78 Å². The molecule has 2 aliphatic carbocycles. The molecule has 0 amide bonds. The minimum absolute atomic E-state index is 0.124. The van der Waals surface area contributed by atoms with Gasteiger partial charge in [0.1, 0.15) is 12.3 Å². The van der Waals surface area contributed by atoms with Crippen LogP contribution in [-0.4, -0.2) is 28.9 Å². The molecule has 2 aromatic heterocycles. The van der Waals surface area contributed by atoms with E-state index in [2.05, 4.69) is 21.4 Å². The number of nitrogens with one attached hydrogen (secondary N) is 1.